The fourth-order valence-corrected chi connectivity index (χ4v) is 5.80. The number of pyridine rings is 2. The van der Waals surface area contributed by atoms with Crippen molar-refractivity contribution in [2.75, 3.05) is 0 Å². The lowest BCUT2D eigenvalue weighted by Gasteiger charge is -2.10. The quantitative estimate of drug-likeness (QED) is 0.236. The van der Waals surface area contributed by atoms with E-state index in [1.54, 1.807) is 0 Å². The van der Waals surface area contributed by atoms with Crippen LogP contribution in [0.25, 0.3) is 67.0 Å². The van der Waals surface area contributed by atoms with Crippen molar-refractivity contribution in [2.24, 2.45) is 0 Å². The SMILES string of the molecule is c1ccc(-c2cccc(-n3c4ccccc4c4c3c3ccccc3n4-c3cccc(-c4ccccc4)n3)n2)cc1. The first kappa shape index (κ1) is 22.5. The van der Waals surface area contributed by atoms with Gasteiger partial charge in [0.05, 0.1) is 33.5 Å². The van der Waals surface area contributed by atoms with Gasteiger partial charge in [-0.15, -0.1) is 0 Å². The van der Waals surface area contributed by atoms with Gasteiger partial charge in [-0.2, -0.15) is 0 Å². The number of para-hydroxylation sites is 2. The summed E-state index contributed by atoms with van der Waals surface area (Å²) in [7, 11) is 0. The van der Waals surface area contributed by atoms with Crippen molar-refractivity contribution in [2.45, 2.75) is 0 Å². The first-order chi connectivity index (χ1) is 19.9. The van der Waals surface area contributed by atoms with Crippen LogP contribution in [0.4, 0.5) is 0 Å². The summed E-state index contributed by atoms with van der Waals surface area (Å²) in [5.74, 6) is 1.78. The first-order valence-electron chi connectivity index (χ1n) is 13.5. The molecule has 0 N–H and O–H groups in total. The lowest BCUT2D eigenvalue weighted by atomic mass is 10.1. The summed E-state index contributed by atoms with van der Waals surface area (Å²) in [6.45, 7) is 0. The molecule has 40 heavy (non-hydrogen) atoms. The largest absolute Gasteiger partial charge is 0.291 e. The first-order valence-corrected chi connectivity index (χ1v) is 13.5. The third-order valence-electron chi connectivity index (χ3n) is 7.54. The molecule has 0 aliphatic rings. The van der Waals surface area contributed by atoms with Gasteiger partial charge in [-0.3, -0.25) is 9.13 Å². The summed E-state index contributed by atoms with van der Waals surface area (Å²) >= 11 is 0. The maximum absolute atomic E-state index is 5.17. The predicted molar refractivity (Wildman–Crippen MR) is 164 cm³/mol. The van der Waals surface area contributed by atoms with Crippen molar-refractivity contribution in [1.82, 2.24) is 19.1 Å². The number of benzene rings is 4. The molecule has 0 atom stereocenters. The van der Waals surface area contributed by atoms with E-state index in [2.05, 4.69) is 143 Å². The van der Waals surface area contributed by atoms with Gasteiger partial charge in [-0.05, 0) is 36.4 Å². The Bertz CT molecular complexity index is 2000. The number of nitrogens with zero attached hydrogens (tertiary/aromatic N) is 4. The standard InChI is InChI=1S/C36H24N4/c1-3-13-25(14-4-1)29-19-11-23-33(37-29)39-31-21-9-7-17-27(31)36-35(39)28-18-8-10-22-32(28)40(36)34-24-12-20-30(38-34)26-15-5-2-6-16-26/h1-24H. The molecule has 188 valence electrons. The van der Waals surface area contributed by atoms with Gasteiger partial charge < -0.3 is 0 Å². The highest BCUT2D eigenvalue weighted by molar-refractivity contribution is 6.19. The van der Waals surface area contributed by atoms with Gasteiger partial charge in [0.1, 0.15) is 11.6 Å². The van der Waals surface area contributed by atoms with Crippen LogP contribution in [0, 0.1) is 0 Å². The van der Waals surface area contributed by atoms with E-state index in [1.165, 1.54) is 0 Å². The number of hydrogen-bond donors (Lipinski definition) is 0. The molecule has 0 amide bonds. The average molecular weight is 513 g/mol. The minimum Gasteiger partial charge on any atom is -0.291 e. The van der Waals surface area contributed by atoms with E-state index in [-0.39, 0.29) is 0 Å². The van der Waals surface area contributed by atoms with E-state index in [0.717, 1.165) is 67.0 Å². The second-order valence-corrected chi connectivity index (χ2v) is 9.90. The Kier molecular flexibility index (Phi) is 5.10. The molecule has 8 aromatic rings. The Balaban J connectivity index is 1.46. The average Bonchev–Trinajstić information content (AvgIpc) is 3.55. The van der Waals surface area contributed by atoms with Crippen molar-refractivity contribution in [3.8, 4) is 34.2 Å². The zero-order chi connectivity index (χ0) is 26.5. The third kappa shape index (κ3) is 3.47. The van der Waals surface area contributed by atoms with Crippen LogP contribution < -0.4 is 0 Å². The normalized spacial score (nSPS) is 11.5. The van der Waals surface area contributed by atoms with E-state index < -0.39 is 0 Å². The van der Waals surface area contributed by atoms with E-state index in [1.807, 2.05) is 12.1 Å². The van der Waals surface area contributed by atoms with E-state index in [9.17, 15) is 0 Å². The van der Waals surface area contributed by atoms with Gasteiger partial charge >= 0.3 is 0 Å². The van der Waals surface area contributed by atoms with Crippen molar-refractivity contribution in [1.29, 1.82) is 0 Å². The molecule has 0 aliphatic carbocycles. The molecule has 8 rings (SSSR count). The Hall–Kier alpha value is -5.48. The molecule has 0 aliphatic heterocycles. The third-order valence-corrected chi connectivity index (χ3v) is 7.54. The lowest BCUT2D eigenvalue weighted by molar-refractivity contribution is 1.08. The molecule has 0 fully saturated rings. The van der Waals surface area contributed by atoms with E-state index >= 15 is 0 Å². The fraction of sp³-hybridized carbons (Fsp3) is 0. The van der Waals surface area contributed by atoms with Crippen LogP contribution in [0.3, 0.4) is 0 Å². The summed E-state index contributed by atoms with van der Waals surface area (Å²) in [5.41, 5.74) is 8.58. The van der Waals surface area contributed by atoms with Gasteiger partial charge in [0.2, 0.25) is 0 Å². The number of fused-ring (bicyclic) bond motifs is 5. The zero-order valence-corrected chi connectivity index (χ0v) is 21.6. The highest BCUT2D eigenvalue weighted by Gasteiger charge is 2.23. The maximum Gasteiger partial charge on any atom is 0.138 e. The van der Waals surface area contributed by atoms with Gasteiger partial charge in [0.25, 0.3) is 0 Å². The van der Waals surface area contributed by atoms with Gasteiger partial charge in [-0.25, -0.2) is 9.97 Å². The summed E-state index contributed by atoms with van der Waals surface area (Å²) in [5, 5.41) is 2.32. The summed E-state index contributed by atoms with van der Waals surface area (Å²) in [6.07, 6.45) is 0. The van der Waals surface area contributed by atoms with Crippen LogP contribution in [0.2, 0.25) is 0 Å². The summed E-state index contributed by atoms with van der Waals surface area (Å²) < 4.78 is 4.61. The monoisotopic (exact) mass is 512 g/mol. The van der Waals surface area contributed by atoms with Crippen molar-refractivity contribution in [3.63, 3.8) is 0 Å². The second-order valence-electron chi connectivity index (χ2n) is 9.90. The maximum atomic E-state index is 5.17. The second kappa shape index (κ2) is 9.07. The topological polar surface area (TPSA) is 35.6 Å². The number of aromatic nitrogens is 4. The molecule has 4 heteroatoms. The summed E-state index contributed by atoms with van der Waals surface area (Å²) in [6, 6.07) is 50.4. The highest BCUT2D eigenvalue weighted by atomic mass is 15.1. The predicted octanol–water partition coefficient (Wildman–Crippen LogP) is 8.85. The molecule has 0 radical (unpaired) electrons. The van der Waals surface area contributed by atoms with E-state index in [4.69, 9.17) is 9.97 Å². The Labute approximate surface area is 231 Å². The summed E-state index contributed by atoms with van der Waals surface area (Å²) in [4.78, 5) is 10.3. The van der Waals surface area contributed by atoms with Crippen LogP contribution >= 0.6 is 0 Å². The smallest absolute Gasteiger partial charge is 0.138 e. The fourth-order valence-electron chi connectivity index (χ4n) is 5.80. The molecule has 0 unspecified atom stereocenters. The number of rotatable bonds is 4. The van der Waals surface area contributed by atoms with Crippen molar-refractivity contribution in [3.05, 3.63) is 146 Å². The van der Waals surface area contributed by atoms with Crippen LogP contribution in [0.15, 0.2) is 146 Å². The lowest BCUT2D eigenvalue weighted by Crippen LogP contribution is -1.98. The van der Waals surface area contributed by atoms with Gasteiger partial charge in [0.15, 0.2) is 0 Å². The molecule has 4 aromatic carbocycles. The molecule has 0 spiro atoms. The molecule has 4 nitrogen and oxygen atoms in total. The van der Waals surface area contributed by atoms with Crippen molar-refractivity contribution < 1.29 is 0 Å². The zero-order valence-electron chi connectivity index (χ0n) is 21.6. The minimum atomic E-state index is 0.890. The molecule has 4 heterocycles. The molecule has 0 saturated heterocycles. The van der Waals surface area contributed by atoms with Crippen LogP contribution in [0.5, 0.6) is 0 Å². The van der Waals surface area contributed by atoms with Crippen molar-refractivity contribution >= 4 is 32.8 Å². The molecular formula is C36H24N4. The molecular weight excluding hydrogens is 488 g/mol. The number of hydrogen-bond acceptors (Lipinski definition) is 2. The molecule has 0 bridgehead atoms. The van der Waals surface area contributed by atoms with Gasteiger partial charge in [0, 0.05) is 21.9 Å². The van der Waals surface area contributed by atoms with Crippen LogP contribution in [0.1, 0.15) is 0 Å². The minimum absolute atomic E-state index is 0.890. The Morgan fingerprint density at radius 1 is 0.350 bits per heavy atom. The van der Waals surface area contributed by atoms with E-state index in [0.29, 0.717) is 0 Å². The highest BCUT2D eigenvalue weighted by Crippen LogP contribution is 2.40. The van der Waals surface area contributed by atoms with Crippen LogP contribution in [-0.4, -0.2) is 19.1 Å². The Morgan fingerprint density at radius 3 is 1.20 bits per heavy atom. The Morgan fingerprint density at radius 2 is 0.750 bits per heavy atom. The molecule has 4 aromatic heterocycles. The van der Waals surface area contributed by atoms with Crippen LogP contribution in [-0.2, 0) is 0 Å². The van der Waals surface area contributed by atoms with Gasteiger partial charge in [-0.1, -0.05) is 109 Å². The molecule has 0 saturated carbocycles.